The lowest BCUT2D eigenvalue weighted by atomic mass is 10.0. The summed E-state index contributed by atoms with van der Waals surface area (Å²) in [6.07, 6.45) is 0.780. The van der Waals surface area contributed by atoms with E-state index in [1.165, 1.54) is 17.0 Å². The van der Waals surface area contributed by atoms with Gasteiger partial charge in [-0.3, -0.25) is 14.7 Å². The lowest BCUT2D eigenvalue weighted by Crippen LogP contribution is -2.32. The number of aromatic amines is 1. The van der Waals surface area contributed by atoms with Crippen molar-refractivity contribution in [2.45, 2.75) is 32.5 Å². The standard InChI is InChI=1S/C20H23N5O2/c1-13-9-14(24(2)23-13)10-25-8-7-16-15(11-25)20(22-21-16)19-12-26-17-5-3-4-6-18(17)27-19/h3-6,9,19H,7-8,10-12H2,1-2H3,(H,21,22). The van der Waals surface area contributed by atoms with Crippen LogP contribution in [0.1, 0.15) is 34.4 Å². The zero-order valence-electron chi connectivity index (χ0n) is 15.6. The first-order chi connectivity index (χ1) is 13.2. The molecule has 2 aliphatic heterocycles. The summed E-state index contributed by atoms with van der Waals surface area (Å²) in [7, 11) is 2.01. The van der Waals surface area contributed by atoms with Crippen LogP contribution in [0.15, 0.2) is 30.3 Å². The van der Waals surface area contributed by atoms with Gasteiger partial charge in [0.2, 0.25) is 0 Å². The minimum atomic E-state index is -0.182. The fraction of sp³-hybridized carbons (Fsp3) is 0.400. The van der Waals surface area contributed by atoms with Gasteiger partial charge in [-0.25, -0.2) is 0 Å². The van der Waals surface area contributed by atoms with Gasteiger partial charge in [0.1, 0.15) is 12.3 Å². The first-order valence-corrected chi connectivity index (χ1v) is 9.34. The van der Waals surface area contributed by atoms with Crippen molar-refractivity contribution in [3.63, 3.8) is 0 Å². The average Bonchev–Trinajstić information content (AvgIpc) is 3.23. The van der Waals surface area contributed by atoms with E-state index in [0.29, 0.717) is 6.61 Å². The first-order valence-electron chi connectivity index (χ1n) is 9.34. The fourth-order valence-electron chi connectivity index (χ4n) is 3.97. The highest BCUT2D eigenvalue weighted by Crippen LogP contribution is 2.37. The predicted molar refractivity (Wildman–Crippen MR) is 99.7 cm³/mol. The molecule has 5 rings (SSSR count). The summed E-state index contributed by atoms with van der Waals surface area (Å²) in [4.78, 5) is 2.44. The minimum absolute atomic E-state index is 0.182. The molecule has 0 saturated heterocycles. The van der Waals surface area contributed by atoms with Crippen LogP contribution in [-0.2, 0) is 26.6 Å². The molecule has 140 valence electrons. The Bertz CT molecular complexity index is 977. The molecule has 7 heteroatoms. The number of hydrogen-bond acceptors (Lipinski definition) is 5. The van der Waals surface area contributed by atoms with Crippen molar-refractivity contribution in [1.82, 2.24) is 24.9 Å². The summed E-state index contributed by atoms with van der Waals surface area (Å²) in [6.45, 7) is 5.25. The van der Waals surface area contributed by atoms with Crippen LogP contribution in [0.5, 0.6) is 11.5 Å². The zero-order chi connectivity index (χ0) is 18.4. The van der Waals surface area contributed by atoms with Gasteiger partial charge in [0.25, 0.3) is 0 Å². The SMILES string of the molecule is Cc1cc(CN2CCc3[nH]nc(C4COc5ccccc5O4)c3C2)n(C)n1. The molecule has 0 amide bonds. The first kappa shape index (κ1) is 16.4. The van der Waals surface area contributed by atoms with E-state index in [0.717, 1.165) is 48.9 Å². The van der Waals surface area contributed by atoms with Crippen LogP contribution in [0.4, 0.5) is 0 Å². The van der Waals surface area contributed by atoms with Gasteiger partial charge in [0, 0.05) is 44.4 Å². The molecule has 2 aromatic heterocycles. The van der Waals surface area contributed by atoms with Gasteiger partial charge in [-0.2, -0.15) is 10.2 Å². The summed E-state index contributed by atoms with van der Waals surface area (Å²) >= 11 is 0. The summed E-state index contributed by atoms with van der Waals surface area (Å²) < 4.78 is 14.0. The molecule has 1 unspecified atom stereocenters. The third-order valence-electron chi connectivity index (χ3n) is 5.34. The van der Waals surface area contributed by atoms with Gasteiger partial charge in [0.15, 0.2) is 17.6 Å². The molecule has 7 nitrogen and oxygen atoms in total. The molecule has 2 aliphatic rings. The molecular formula is C20H23N5O2. The molecule has 0 aliphatic carbocycles. The van der Waals surface area contributed by atoms with Crippen LogP contribution in [-0.4, -0.2) is 38.0 Å². The van der Waals surface area contributed by atoms with Crippen LogP contribution in [0, 0.1) is 6.92 Å². The molecule has 1 N–H and O–H groups in total. The minimum Gasteiger partial charge on any atom is -0.485 e. The maximum Gasteiger partial charge on any atom is 0.177 e. The van der Waals surface area contributed by atoms with Crippen molar-refractivity contribution < 1.29 is 9.47 Å². The third-order valence-corrected chi connectivity index (χ3v) is 5.34. The number of benzene rings is 1. The average molecular weight is 365 g/mol. The van der Waals surface area contributed by atoms with Crippen molar-refractivity contribution in [3.8, 4) is 11.5 Å². The maximum atomic E-state index is 6.18. The van der Waals surface area contributed by atoms with E-state index in [2.05, 4.69) is 26.3 Å². The van der Waals surface area contributed by atoms with Gasteiger partial charge >= 0.3 is 0 Å². The van der Waals surface area contributed by atoms with E-state index in [9.17, 15) is 0 Å². The summed E-state index contributed by atoms with van der Waals surface area (Å²) in [6, 6.07) is 9.95. The second-order valence-corrected chi connectivity index (χ2v) is 7.29. The fourth-order valence-corrected chi connectivity index (χ4v) is 3.97. The molecule has 1 aromatic carbocycles. The van der Waals surface area contributed by atoms with E-state index in [1.807, 2.05) is 42.9 Å². The molecule has 0 saturated carbocycles. The Hall–Kier alpha value is -2.80. The highest BCUT2D eigenvalue weighted by molar-refractivity contribution is 5.42. The molecule has 0 radical (unpaired) electrons. The highest BCUT2D eigenvalue weighted by atomic mass is 16.6. The number of para-hydroxylation sites is 2. The van der Waals surface area contributed by atoms with Crippen molar-refractivity contribution in [2.75, 3.05) is 13.2 Å². The van der Waals surface area contributed by atoms with E-state index < -0.39 is 0 Å². The Balaban J connectivity index is 1.36. The van der Waals surface area contributed by atoms with E-state index in [1.54, 1.807) is 0 Å². The lowest BCUT2D eigenvalue weighted by molar-refractivity contribution is 0.0866. The molecule has 1 atom stereocenters. The summed E-state index contributed by atoms with van der Waals surface area (Å²) in [5, 5.41) is 12.3. The Morgan fingerprint density at radius 1 is 1.26 bits per heavy atom. The number of nitrogens with zero attached hydrogens (tertiary/aromatic N) is 4. The van der Waals surface area contributed by atoms with Gasteiger partial charge in [-0.15, -0.1) is 0 Å². The molecule has 0 spiro atoms. The Labute approximate surface area is 157 Å². The molecule has 4 heterocycles. The van der Waals surface area contributed by atoms with Gasteiger partial charge < -0.3 is 9.47 Å². The summed E-state index contributed by atoms with van der Waals surface area (Å²) in [5.41, 5.74) is 5.70. The Morgan fingerprint density at radius 2 is 2.11 bits per heavy atom. The van der Waals surface area contributed by atoms with Crippen LogP contribution < -0.4 is 9.47 Å². The van der Waals surface area contributed by atoms with Crippen molar-refractivity contribution in [3.05, 3.63) is 58.7 Å². The van der Waals surface area contributed by atoms with Gasteiger partial charge in [-0.05, 0) is 25.1 Å². The van der Waals surface area contributed by atoms with E-state index >= 15 is 0 Å². The topological polar surface area (TPSA) is 68.2 Å². The summed E-state index contributed by atoms with van der Waals surface area (Å²) in [5.74, 6) is 1.58. The smallest absolute Gasteiger partial charge is 0.177 e. The number of aromatic nitrogens is 4. The molecule has 0 fully saturated rings. The predicted octanol–water partition coefficient (Wildman–Crippen LogP) is 2.52. The number of nitrogens with one attached hydrogen (secondary N) is 1. The number of hydrogen-bond donors (Lipinski definition) is 1. The number of H-pyrrole nitrogens is 1. The monoisotopic (exact) mass is 365 g/mol. The van der Waals surface area contributed by atoms with E-state index in [4.69, 9.17) is 9.47 Å². The quantitative estimate of drug-likeness (QED) is 0.772. The van der Waals surface area contributed by atoms with Crippen LogP contribution in [0.2, 0.25) is 0 Å². The second-order valence-electron chi connectivity index (χ2n) is 7.29. The molecular weight excluding hydrogens is 342 g/mol. The van der Waals surface area contributed by atoms with Crippen LogP contribution in [0.25, 0.3) is 0 Å². The van der Waals surface area contributed by atoms with Gasteiger partial charge in [-0.1, -0.05) is 12.1 Å². The van der Waals surface area contributed by atoms with E-state index in [-0.39, 0.29) is 6.10 Å². The van der Waals surface area contributed by atoms with Crippen molar-refractivity contribution in [1.29, 1.82) is 0 Å². The molecule has 3 aromatic rings. The number of aryl methyl sites for hydroxylation is 2. The molecule has 0 bridgehead atoms. The zero-order valence-corrected chi connectivity index (χ0v) is 15.6. The van der Waals surface area contributed by atoms with Gasteiger partial charge in [0.05, 0.1) is 11.4 Å². The number of ether oxygens (including phenoxy) is 2. The van der Waals surface area contributed by atoms with Crippen molar-refractivity contribution >= 4 is 0 Å². The largest absolute Gasteiger partial charge is 0.485 e. The third kappa shape index (κ3) is 2.98. The van der Waals surface area contributed by atoms with Crippen LogP contribution >= 0.6 is 0 Å². The highest BCUT2D eigenvalue weighted by Gasteiger charge is 2.31. The van der Waals surface area contributed by atoms with Crippen molar-refractivity contribution in [2.24, 2.45) is 7.05 Å². The maximum absolute atomic E-state index is 6.18. The Morgan fingerprint density at radius 3 is 2.93 bits per heavy atom. The second kappa shape index (κ2) is 6.42. The number of rotatable bonds is 3. The molecule has 27 heavy (non-hydrogen) atoms. The Kier molecular flexibility index (Phi) is 3.89. The normalized spacial score (nSPS) is 19.1. The lowest BCUT2D eigenvalue weighted by Gasteiger charge is -2.29. The number of fused-ring (bicyclic) bond motifs is 2. The van der Waals surface area contributed by atoms with Crippen LogP contribution in [0.3, 0.4) is 0 Å².